The topological polar surface area (TPSA) is 98.2 Å². The third-order valence-electron chi connectivity index (χ3n) is 5.78. The van der Waals surface area contributed by atoms with E-state index in [2.05, 4.69) is 4.98 Å². The maximum atomic E-state index is 12.8. The molecule has 32 heavy (non-hydrogen) atoms. The van der Waals surface area contributed by atoms with Crippen molar-refractivity contribution in [3.05, 3.63) is 24.5 Å². The van der Waals surface area contributed by atoms with Crippen LogP contribution in [-0.2, 0) is 19.1 Å². The van der Waals surface area contributed by atoms with Crippen molar-refractivity contribution in [2.45, 2.75) is 50.0 Å². The van der Waals surface area contributed by atoms with E-state index >= 15 is 0 Å². The van der Waals surface area contributed by atoms with E-state index < -0.39 is 12.1 Å². The molecule has 2 atom stereocenters. The number of aromatic nitrogens is 1. The van der Waals surface area contributed by atoms with Gasteiger partial charge in [0.15, 0.2) is 0 Å². The predicted molar refractivity (Wildman–Crippen MR) is 105 cm³/mol. The first-order valence-corrected chi connectivity index (χ1v) is 10.6. The lowest BCUT2D eigenvalue weighted by molar-refractivity contribution is -0.192. The van der Waals surface area contributed by atoms with Gasteiger partial charge in [-0.2, -0.15) is 13.2 Å². The highest BCUT2D eigenvalue weighted by molar-refractivity contribution is 5.79. The maximum Gasteiger partial charge on any atom is 0.490 e. The standard InChI is InChI=1S/C19H26N2O4.C2HF3O2/c22-18(15-4-9-23-10-5-15)21-8-2-6-19(14-21)11-17(13-24-19)25-16-3-1-7-20-12-16;3-2(4,5)1(6)7/h1,3,7,12,15,17H,2,4-6,8-11,13-14H2;(H,6,7). The smallest absolute Gasteiger partial charge is 0.486 e. The van der Waals surface area contributed by atoms with Gasteiger partial charge in [-0.3, -0.25) is 9.78 Å². The Morgan fingerprint density at radius 1 is 1.28 bits per heavy atom. The number of ether oxygens (including phenoxy) is 3. The molecule has 4 heterocycles. The van der Waals surface area contributed by atoms with E-state index in [0.717, 1.165) is 44.4 Å². The number of hydrogen-bond acceptors (Lipinski definition) is 6. The van der Waals surface area contributed by atoms with Crippen LogP contribution >= 0.6 is 0 Å². The lowest BCUT2D eigenvalue weighted by Crippen LogP contribution is -2.52. The highest BCUT2D eigenvalue weighted by Gasteiger charge is 2.46. The normalized spacial score (nSPS) is 26.3. The number of halogens is 3. The minimum absolute atomic E-state index is 0.0299. The summed E-state index contributed by atoms with van der Waals surface area (Å²) in [4.78, 5) is 27.8. The number of carbonyl (C=O) groups is 2. The first kappa shape index (κ1) is 24.2. The Morgan fingerprint density at radius 2 is 2.00 bits per heavy atom. The number of amides is 1. The molecule has 0 aliphatic carbocycles. The zero-order valence-corrected chi connectivity index (χ0v) is 17.6. The number of pyridine rings is 1. The first-order chi connectivity index (χ1) is 15.2. The van der Waals surface area contributed by atoms with Crippen molar-refractivity contribution in [1.82, 2.24) is 9.88 Å². The quantitative estimate of drug-likeness (QED) is 0.741. The van der Waals surface area contributed by atoms with Crippen molar-refractivity contribution in [3.8, 4) is 5.75 Å². The molecule has 3 fully saturated rings. The van der Waals surface area contributed by atoms with Gasteiger partial charge in [-0.25, -0.2) is 4.79 Å². The van der Waals surface area contributed by atoms with Crippen molar-refractivity contribution in [2.75, 3.05) is 32.9 Å². The monoisotopic (exact) mass is 460 g/mol. The summed E-state index contributed by atoms with van der Waals surface area (Å²) in [5.41, 5.74) is -0.244. The van der Waals surface area contributed by atoms with Crippen molar-refractivity contribution in [3.63, 3.8) is 0 Å². The highest BCUT2D eigenvalue weighted by atomic mass is 19.4. The number of piperidine rings is 1. The molecule has 0 saturated carbocycles. The van der Waals surface area contributed by atoms with Crippen molar-refractivity contribution in [1.29, 1.82) is 0 Å². The number of likely N-dealkylation sites (tertiary alicyclic amines) is 1. The van der Waals surface area contributed by atoms with E-state index in [1.807, 2.05) is 17.0 Å². The molecule has 11 heteroatoms. The number of alkyl halides is 3. The molecule has 0 radical (unpaired) electrons. The van der Waals surface area contributed by atoms with Crippen LogP contribution in [0.4, 0.5) is 13.2 Å². The zero-order chi connectivity index (χ0) is 23.2. The number of carbonyl (C=O) groups excluding carboxylic acids is 1. The Hall–Kier alpha value is -2.40. The molecule has 3 aliphatic heterocycles. The Morgan fingerprint density at radius 3 is 2.62 bits per heavy atom. The van der Waals surface area contributed by atoms with Crippen LogP contribution in [0.3, 0.4) is 0 Å². The van der Waals surface area contributed by atoms with Crippen LogP contribution < -0.4 is 4.74 Å². The maximum absolute atomic E-state index is 12.8. The van der Waals surface area contributed by atoms with Crippen molar-refractivity contribution >= 4 is 11.9 Å². The van der Waals surface area contributed by atoms with Crippen LogP contribution in [0.5, 0.6) is 5.75 Å². The van der Waals surface area contributed by atoms with Crippen LogP contribution in [0, 0.1) is 5.92 Å². The molecule has 1 aromatic heterocycles. The number of rotatable bonds is 3. The van der Waals surface area contributed by atoms with Gasteiger partial charge in [-0.05, 0) is 37.8 Å². The van der Waals surface area contributed by atoms with E-state index in [1.54, 1.807) is 12.4 Å². The first-order valence-electron chi connectivity index (χ1n) is 10.6. The second-order valence-corrected chi connectivity index (χ2v) is 8.18. The largest absolute Gasteiger partial charge is 0.490 e. The number of hydrogen-bond donors (Lipinski definition) is 1. The number of carboxylic acid groups (broad SMARTS) is 1. The molecule has 1 amide bonds. The molecule has 1 aromatic rings. The average molecular weight is 460 g/mol. The minimum atomic E-state index is -5.08. The molecule has 0 bridgehead atoms. The summed E-state index contributed by atoms with van der Waals surface area (Å²) >= 11 is 0. The fraction of sp³-hybridized carbons (Fsp3) is 0.667. The zero-order valence-electron chi connectivity index (χ0n) is 17.6. The molecule has 8 nitrogen and oxygen atoms in total. The Kier molecular flexibility index (Phi) is 7.94. The second kappa shape index (κ2) is 10.5. The van der Waals surface area contributed by atoms with Crippen molar-refractivity contribution < 1.29 is 42.1 Å². The van der Waals surface area contributed by atoms with Gasteiger partial charge in [0.2, 0.25) is 5.91 Å². The summed E-state index contributed by atoms with van der Waals surface area (Å²) in [6, 6.07) is 3.79. The van der Waals surface area contributed by atoms with E-state index in [1.165, 1.54) is 0 Å². The van der Waals surface area contributed by atoms with Gasteiger partial charge in [0.25, 0.3) is 0 Å². The predicted octanol–water partition coefficient (Wildman–Crippen LogP) is 2.67. The number of aliphatic carboxylic acids is 1. The highest BCUT2D eigenvalue weighted by Crippen LogP contribution is 2.37. The van der Waals surface area contributed by atoms with Gasteiger partial charge < -0.3 is 24.2 Å². The van der Waals surface area contributed by atoms with Crippen LogP contribution in [0.25, 0.3) is 0 Å². The fourth-order valence-corrected chi connectivity index (χ4v) is 4.26. The molecule has 178 valence electrons. The molecule has 1 N–H and O–H groups in total. The van der Waals surface area contributed by atoms with Gasteiger partial charge in [-0.1, -0.05) is 0 Å². The van der Waals surface area contributed by atoms with E-state index in [-0.39, 0.29) is 23.5 Å². The minimum Gasteiger partial charge on any atom is -0.486 e. The van der Waals surface area contributed by atoms with Gasteiger partial charge in [0.05, 0.1) is 18.4 Å². The van der Waals surface area contributed by atoms with Gasteiger partial charge in [-0.15, -0.1) is 0 Å². The Labute approximate surface area is 183 Å². The lowest BCUT2D eigenvalue weighted by atomic mass is 9.88. The van der Waals surface area contributed by atoms with Crippen LogP contribution in [-0.4, -0.2) is 77.7 Å². The summed E-state index contributed by atoms with van der Waals surface area (Å²) in [7, 11) is 0. The molecule has 1 spiro atoms. The summed E-state index contributed by atoms with van der Waals surface area (Å²) in [5.74, 6) is -1.58. The SMILES string of the molecule is O=C(C1CCOCC1)N1CCCC2(CC(Oc3cccnc3)CO2)C1.O=C(O)C(F)(F)F. The fourth-order valence-electron chi connectivity index (χ4n) is 4.26. The number of carboxylic acids is 1. The van der Waals surface area contributed by atoms with E-state index in [0.29, 0.717) is 26.4 Å². The van der Waals surface area contributed by atoms with E-state index in [9.17, 15) is 18.0 Å². The van der Waals surface area contributed by atoms with Crippen LogP contribution in [0.1, 0.15) is 32.1 Å². The van der Waals surface area contributed by atoms with Crippen LogP contribution in [0.2, 0.25) is 0 Å². The molecule has 2 unspecified atom stereocenters. The molecule has 0 aromatic carbocycles. The third kappa shape index (κ3) is 6.55. The average Bonchev–Trinajstić information content (AvgIpc) is 3.15. The Balaban J connectivity index is 0.000000360. The Bertz CT molecular complexity index is 773. The third-order valence-corrected chi connectivity index (χ3v) is 5.78. The van der Waals surface area contributed by atoms with Crippen LogP contribution in [0.15, 0.2) is 24.5 Å². The van der Waals surface area contributed by atoms with Gasteiger partial charge >= 0.3 is 12.1 Å². The van der Waals surface area contributed by atoms with E-state index in [4.69, 9.17) is 24.1 Å². The summed E-state index contributed by atoms with van der Waals surface area (Å²) < 4.78 is 49.3. The summed E-state index contributed by atoms with van der Waals surface area (Å²) in [5, 5.41) is 7.12. The van der Waals surface area contributed by atoms with Gasteiger partial charge in [0.1, 0.15) is 11.9 Å². The summed E-state index contributed by atoms with van der Waals surface area (Å²) in [6.45, 7) is 3.51. The van der Waals surface area contributed by atoms with Gasteiger partial charge in [0, 0.05) is 44.8 Å². The van der Waals surface area contributed by atoms with Crippen molar-refractivity contribution in [2.24, 2.45) is 5.92 Å². The second-order valence-electron chi connectivity index (χ2n) is 8.18. The molecular formula is C21H27F3N2O6. The molecule has 3 saturated heterocycles. The molecular weight excluding hydrogens is 433 g/mol. The lowest BCUT2D eigenvalue weighted by Gasteiger charge is -2.41. The molecule has 3 aliphatic rings. The molecule has 4 rings (SSSR count). The summed E-state index contributed by atoms with van der Waals surface area (Å²) in [6.07, 6.45) is 2.92. The number of nitrogens with zero attached hydrogens (tertiary/aromatic N) is 2.